The summed E-state index contributed by atoms with van der Waals surface area (Å²) in [6.07, 6.45) is 2.86. The average Bonchev–Trinajstić information content (AvgIpc) is 2.68. The zero-order chi connectivity index (χ0) is 19.8. The summed E-state index contributed by atoms with van der Waals surface area (Å²) < 4.78 is 7.03. The van der Waals surface area contributed by atoms with E-state index in [1.54, 1.807) is 0 Å². The SMILES string of the molecule is CCCC[C@@H](C#CCO)O[Si](c1ccccc1)(c1ccccc1)C(C)(C)C. The highest BCUT2D eigenvalue weighted by molar-refractivity contribution is 6.99. The minimum Gasteiger partial charge on any atom is -0.394 e. The number of hydrogen-bond donors (Lipinski definition) is 1. The first-order valence-corrected chi connectivity index (χ1v) is 11.7. The molecular formula is C24H32O2Si. The van der Waals surface area contributed by atoms with Gasteiger partial charge in [0.05, 0.1) is 0 Å². The van der Waals surface area contributed by atoms with Crippen molar-refractivity contribution in [1.82, 2.24) is 0 Å². The summed E-state index contributed by atoms with van der Waals surface area (Å²) in [5.74, 6) is 6.02. The molecule has 0 heterocycles. The van der Waals surface area contributed by atoms with Gasteiger partial charge in [-0.3, -0.25) is 0 Å². The fourth-order valence-electron chi connectivity index (χ4n) is 3.61. The molecule has 0 aliphatic heterocycles. The second-order valence-corrected chi connectivity index (χ2v) is 12.1. The van der Waals surface area contributed by atoms with Crippen LogP contribution in [0.25, 0.3) is 0 Å². The summed E-state index contributed by atoms with van der Waals surface area (Å²) in [4.78, 5) is 0. The standard InChI is InChI=1S/C24H32O2Si/c1-5-6-14-21(15-13-20-25)26-27(24(2,3)4,22-16-9-7-10-17-22)23-18-11-8-12-19-23/h7-12,16-19,21,25H,5-6,14,20H2,1-4H3/t21-/m0/s1. The molecule has 0 amide bonds. The molecule has 0 unspecified atom stereocenters. The average molecular weight is 381 g/mol. The smallest absolute Gasteiger partial charge is 0.262 e. The molecule has 0 saturated heterocycles. The summed E-state index contributed by atoms with van der Waals surface area (Å²) >= 11 is 0. The highest BCUT2D eigenvalue weighted by Gasteiger charge is 2.51. The van der Waals surface area contributed by atoms with E-state index in [-0.39, 0.29) is 17.7 Å². The van der Waals surface area contributed by atoms with Crippen LogP contribution in [0.15, 0.2) is 60.7 Å². The number of aliphatic hydroxyl groups is 1. The van der Waals surface area contributed by atoms with E-state index < -0.39 is 8.32 Å². The molecule has 0 saturated carbocycles. The molecular weight excluding hydrogens is 348 g/mol. The number of rotatable bonds is 7. The normalized spacial score (nSPS) is 12.9. The third-order valence-electron chi connectivity index (χ3n) is 4.90. The predicted molar refractivity (Wildman–Crippen MR) is 117 cm³/mol. The molecule has 0 aliphatic rings. The topological polar surface area (TPSA) is 29.5 Å². The monoisotopic (exact) mass is 380 g/mol. The number of unbranched alkanes of at least 4 members (excludes halogenated alkanes) is 1. The summed E-state index contributed by atoms with van der Waals surface area (Å²) in [5, 5.41) is 11.7. The van der Waals surface area contributed by atoms with E-state index >= 15 is 0 Å². The Morgan fingerprint density at radius 3 is 1.89 bits per heavy atom. The highest BCUT2D eigenvalue weighted by atomic mass is 28.4. The van der Waals surface area contributed by atoms with Crippen molar-refractivity contribution in [1.29, 1.82) is 0 Å². The Morgan fingerprint density at radius 1 is 0.963 bits per heavy atom. The quantitative estimate of drug-likeness (QED) is 0.578. The summed E-state index contributed by atoms with van der Waals surface area (Å²) in [7, 11) is -2.60. The third kappa shape index (κ3) is 5.10. The van der Waals surface area contributed by atoms with Gasteiger partial charge < -0.3 is 9.53 Å². The maximum atomic E-state index is 9.21. The molecule has 2 rings (SSSR count). The van der Waals surface area contributed by atoms with Gasteiger partial charge >= 0.3 is 0 Å². The number of aliphatic hydroxyl groups excluding tert-OH is 1. The second-order valence-electron chi connectivity index (χ2n) is 7.89. The van der Waals surface area contributed by atoms with Crippen LogP contribution in [0.4, 0.5) is 0 Å². The zero-order valence-corrected chi connectivity index (χ0v) is 18.0. The van der Waals surface area contributed by atoms with Gasteiger partial charge in [-0.1, -0.05) is 113 Å². The van der Waals surface area contributed by atoms with Gasteiger partial charge in [0.15, 0.2) is 0 Å². The Labute approximate surface area is 165 Å². The lowest BCUT2D eigenvalue weighted by molar-refractivity contribution is 0.227. The minimum atomic E-state index is -2.60. The van der Waals surface area contributed by atoms with Crippen molar-refractivity contribution < 1.29 is 9.53 Å². The molecule has 0 radical (unpaired) electrons. The van der Waals surface area contributed by atoms with Crippen LogP contribution in [0.1, 0.15) is 47.0 Å². The number of hydrogen-bond acceptors (Lipinski definition) is 2. The Kier molecular flexibility index (Phi) is 7.86. The van der Waals surface area contributed by atoms with E-state index in [9.17, 15) is 5.11 Å². The molecule has 144 valence electrons. The zero-order valence-electron chi connectivity index (χ0n) is 17.0. The van der Waals surface area contributed by atoms with Crippen molar-refractivity contribution in [3.63, 3.8) is 0 Å². The van der Waals surface area contributed by atoms with E-state index in [1.165, 1.54) is 10.4 Å². The van der Waals surface area contributed by atoms with Gasteiger partial charge in [-0.05, 0) is 21.8 Å². The Balaban J connectivity index is 2.63. The predicted octanol–water partition coefficient (Wildman–Crippen LogP) is 4.12. The van der Waals surface area contributed by atoms with Crippen LogP contribution in [0.2, 0.25) is 5.04 Å². The van der Waals surface area contributed by atoms with Crippen molar-refractivity contribution in [2.24, 2.45) is 0 Å². The lowest BCUT2D eigenvalue weighted by atomic mass is 10.2. The summed E-state index contributed by atoms with van der Waals surface area (Å²) in [5.41, 5.74) is 0. The van der Waals surface area contributed by atoms with Gasteiger partial charge in [0.2, 0.25) is 0 Å². The van der Waals surface area contributed by atoms with E-state index in [0.717, 1.165) is 19.3 Å². The first kappa shape index (κ1) is 21.4. The molecule has 2 aromatic rings. The van der Waals surface area contributed by atoms with E-state index in [1.807, 2.05) is 0 Å². The van der Waals surface area contributed by atoms with Gasteiger partial charge in [-0.15, -0.1) is 0 Å². The van der Waals surface area contributed by atoms with Crippen molar-refractivity contribution in [3.8, 4) is 11.8 Å². The fourth-order valence-corrected chi connectivity index (χ4v) is 8.23. The first-order chi connectivity index (χ1) is 13.0. The molecule has 0 spiro atoms. The van der Waals surface area contributed by atoms with Crippen molar-refractivity contribution in [3.05, 3.63) is 60.7 Å². The van der Waals surface area contributed by atoms with Gasteiger partial charge in [-0.2, -0.15) is 0 Å². The molecule has 2 nitrogen and oxygen atoms in total. The van der Waals surface area contributed by atoms with E-state index in [4.69, 9.17) is 4.43 Å². The molecule has 0 aliphatic carbocycles. The van der Waals surface area contributed by atoms with Crippen LogP contribution >= 0.6 is 0 Å². The third-order valence-corrected chi connectivity index (χ3v) is 9.94. The molecule has 0 bridgehead atoms. The van der Waals surface area contributed by atoms with Crippen LogP contribution in [0.3, 0.4) is 0 Å². The van der Waals surface area contributed by atoms with Crippen LogP contribution in [-0.4, -0.2) is 26.1 Å². The Hall–Kier alpha value is -1.86. The molecule has 1 atom stereocenters. The van der Waals surface area contributed by atoms with Gasteiger partial charge in [0, 0.05) is 0 Å². The number of benzene rings is 2. The van der Waals surface area contributed by atoms with Crippen LogP contribution in [0.5, 0.6) is 0 Å². The Bertz CT molecular complexity index is 699. The van der Waals surface area contributed by atoms with Crippen molar-refractivity contribution >= 4 is 18.7 Å². The van der Waals surface area contributed by atoms with E-state index in [0.29, 0.717) is 0 Å². The van der Waals surface area contributed by atoms with Crippen LogP contribution in [-0.2, 0) is 4.43 Å². The maximum absolute atomic E-state index is 9.21. The first-order valence-electron chi connectivity index (χ1n) is 9.84. The summed E-state index contributed by atoms with van der Waals surface area (Å²) in [6.45, 7) is 8.87. The molecule has 2 aromatic carbocycles. The van der Waals surface area contributed by atoms with Crippen LogP contribution < -0.4 is 10.4 Å². The minimum absolute atomic E-state index is 0.0684. The lowest BCUT2D eigenvalue weighted by Gasteiger charge is -2.44. The lowest BCUT2D eigenvalue weighted by Crippen LogP contribution is -2.67. The largest absolute Gasteiger partial charge is 0.394 e. The molecule has 1 N–H and O–H groups in total. The molecule has 0 aromatic heterocycles. The second kappa shape index (κ2) is 9.89. The molecule has 0 fully saturated rings. The van der Waals surface area contributed by atoms with Gasteiger partial charge in [0.1, 0.15) is 12.7 Å². The Morgan fingerprint density at radius 2 is 1.48 bits per heavy atom. The van der Waals surface area contributed by atoms with Crippen LogP contribution in [0, 0.1) is 11.8 Å². The van der Waals surface area contributed by atoms with Gasteiger partial charge in [-0.25, -0.2) is 0 Å². The molecule has 3 heteroatoms. The maximum Gasteiger partial charge on any atom is 0.262 e. The summed E-state index contributed by atoms with van der Waals surface area (Å²) in [6, 6.07) is 21.3. The van der Waals surface area contributed by atoms with Gasteiger partial charge in [0.25, 0.3) is 8.32 Å². The fraction of sp³-hybridized carbons (Fsp3) is 0.417. The van der Waals surface area contributed by atoms with Crippen molar-refractivity contribution in [2.45, 2.75) is 58.1 Å². The van der Waals surface area contributed by atoms with E-state index in [2.05, 4.69) is 100 Å². The van der Waals surface area contributed by atoms with Crippen molar-refractivity contribution in [2.75, 3.05) is 6.61 Å². The highest BCUT2D eigenvalue weighted by Crippen LogP contribution is 2.37. The molecule has 27 heavy (non-hydrogen) atoms.